The number of benzene rings is 3. The molecule has 1 N–H and O–H groups in total. The summed E-state index contributed by atoms with van der Waals surface area (Å²) in [7, 11) is 0. The monoisotopic (exact) mass is 521 g/mol. The number of nitrogens with one attached hydrogen (secondary N) is 1. The molecule has 1 nitrogen and oxygen atoms in total. The van der Waals surface area contributed by atoms with Gasteiger partial charge in [0.05, 0.1) is 0 Å². The molecule has 0 unspecified atom stereocenters. The van der Waals surface area contributed by atoms with E-state index in [1.54, 1.807) is 5.56 Å². The Balaban J connectivity index is 1.96. The Hall–Kier alpha value is -1.48. The van der Waals surface area contributed by atoms with E-state index < -0.39 is 18.4 Å². The summed E-state index contributed by atoms with van der Waals surface area (Å²) in [6.07, 6.45) is 8.19. The van der Waals surface area contributed by atoms with Crippen LogP contribution < -0.4 is 8.90 Å². The van der Waals surface area contributed by atoms with E-state index in [1.165, 1.54) is 79.4 Å². The van der Waals surface area contributed by atoms with Crippen molar-refractivity contribution in [2.75, 3.05) is 5.32 Å². The SMILES string of the molecule is CCC[CH2][Sn]([CH2]CCC)([CH2]CCC)[c]1cccc2c1-c1c(ccc3ccccc13)CN2. The third kappa shape index (κ3) is 4.53. The number of anilines is 1. The van der Waals surface area contributed by atoms with Crippen LogP contribution in [0.3, 0.4) is 0 Å². The van der Waals surface area contributed by atoms with Crippen LogP contribution in [0, 0.1) is 0 Å². The molecule has 0 atom stereocenters. The molecule has 1 aliphatic rings. The second-order valence-corrected chi connectivity index (χ2v) is 22.6. The first kappa shape index (κ1) is 22.7. The molecule has 3 aromatic rings. The molecule has 1 heterocycles. The molecule has 2 heteroatoms. The molecule has 0 amide bonds. The van der Waals surface area contributed by atoms with Crippen molar-refractivity contribution in [2.24, 2.45) is 0 Å². The quantitative estimate of drug-likeness (QED) is 0.265. The van der Waals surface area contributed by atoms with E-state index in [4.69, 9.17) is 0 Å². The van der Waals surface area contributed by atoms with Crippen molar-refractivity contribution in [1.82, 2.24) is 0 Å². The Bertz CT molecular complexity index is 1000. The zero-order valence-electron chi connectivity index (χ0n) is 19.8. The van der Waals surface area contributed by atoms with Gasteiger partial charge in [-0.3, -0.25) is 0 Å². The van der Waals surface area contributed by atoms with Gasteiger partial charge in [-0.1, -0.05) is 0 Å². The molecule has 31 heavy (non-hydrogen) atoms. The summed E-state index contributed by atoms with van der Waals surface area (Å²) in [5.74, 6) is 0. The molecule has 3 aromatic carbocycles. The van der Waals surface area contributed by atoms with E-state index >= 15 is 0 Å². The number of rotatable bonds is 10. The topological polar surface area (TPSA) is 12.0 Å². The molecule has 164 valence electrons. The first-order chi connectivity index (χ1) is 15.2. The molecule has 0 saturated carbocycles. The van der Waals surface area contributed by atoms with Gasteiger partial charge in [-0.2, -0.15) is 0 Å². The van der Waals surface area contributed by atoms with Crippen LogP contribution in [0.25, 0.3) is 21.9 Å². The fourth-order valence-corrected chi connectivity index (χ4v) is 22.5. The molecule has 0 fully saturated rings. The summed E-state index contributed by atoms with van der Waals surface area (Å²) in [4.78, 5) is 0. The van der Waals surface area contributed by atoms with Crippen LogP contribution in [0.4, 0.5) is 5.69 Å². The van der Waals surface area contributed by atoms with Gasteiger partial charge >= 0.3 is 194 Å². The van der Waals surface area contributed by atoms with Crippen molar-refractivity contribution in [1.29, 1.82) is 0 Å². The average molecular weight is 520 g/mol. The van der Waals surface area contributed by atoms with Crippen molar-refractivity contribution in [3.63, 3.8) is 0 Å². The Morgan fingerprint density at radius 3 is 2.06 bits per heavy atom. The summed E-state index contributed by atoms with van der Waals surface area (Å²) in [6, 6.07) is 20.9. The molecule has 0 spiro atoms. The first-order valence-corrected chi connectivity index (χ1v) is 20.1. The van der Waals surface area contributed by atoms with Gasteiger partial charge in [0.2, 0.25) is 0 Å². The van der Waals surface area contributed by atoms with E-state index in [-0.39, 0.29) is 0 Å². The van der Waals surface area contributed by atoms with Crippen LogP contribution in [-0.4, -0.2) is 18.4 Å². The van der Waals surface area contributed by atoms with Crippen LogP contribution >= 0.6 is 0 Å². The van der Waals surface area contributed by atoms with E-state index in [9.17, 15) is 0 Å². The molecule has 0 aromatic heterocycles. The van der Waals surface area contributed by atoms with E-state index in [2.05, 4.69) is 80.7 Å². The third-order valence-corrected chi connectivity index (χ3v) is 23.1. The van der Waals surface area contributed by atoms with Crippen LogP contribution in [0.15, 0.2) is 54.6 Å². The number of hydrogen-bond donors (Lipinski definition) is 1. The summed E-state index contributed by atoms with van der Waals surface area (Å²) < 4.78 is 6.36. The molecule has 0 saturated heterocycles. The van der Waals surface area contributed by atoms with E-state index in [0.717, 1.165) is 6.54 Å². The minimum absolute atomic E-state index is 0.942. The van der Waals surface area contributed by atoms with E-state index in [1.807, 2.05) is 3.58 Å². The maximum atomic E-state index is 3.80. The van der Waals surface area contributed by atoms with Crippen LogP contribution in [0.5, 0.6) is 0 Å². The summed E-state index contributed by atoms with van der Waals surface area (Å²) in [6.45, 7) is 8.07. The van der Waals surface area contributed by atoms with Crippen molar-refractivity contribution >= 4 is 38.4 Å². The normalized spacial score (nSPS) is 13.0. The summed E-state index contributed by atoms with van der Waals surface area (Å²) >= 11 is -2.58. The summed E-state index contributed by atoms with van der Waals surface area (Å²) in [5, 5.41) is 6.61. The standard InChI is InChI=1S/C17H12N.3C4H9.Sn/c1-2-6-14-12(5-1)9-10-13-11-18-16-8-4-3-7-15(16)17(13)14;3*1-3-4-2;/h1-6,8-10,18H,11H2;3*1,3-4H2,2H3;. The van der Waals surface area contributed by atoms with Crippen molar-refractivity contribution in [3.8, 4) is 11.1 Å². The van der Waals surface area contributed by atoms with Gasteiger partial charge in [0, 0.05) is 0 Å². The third-order valence-electron chi connectivity index (χ3n) is 7.40. The Kier molecular flexibility index (Phi) is 7.63. The maximum absolute atomic E-state index is 3.80. The van der Waals surface area contributed by atoms with Crippen molar-refractivity contribution in [3.05, 3.63) is 60.2 Å². The molecular formula is C29H39NSn. The number of fused-ring (bicyclic) bond motifs is 5. The van der Waals surface area contributed by atoms with Gasteiger partial charge in [0.25, 0.3) is 0 Å². The van der Waals surface area contributed by atoms with Crippen molar-refractivity contribution < 1.29 is 0 Å². The van der Waals surface area contributed by atoms with Gasteiger partial charge < -0.3 is 0 Å². The summed E-state index contributed by atoms with van der Waals surface area (Å²) in [5.41, 5.74) is 5.97. The first-order valence-electron chi connectivity index (χ1n) is 12.6. The molecule has 0 bridgehead atoms. The van der Waals surface area contributed by atoms with Gasteiger partial charge in [-0.15, -0.1) is 0 Å². The fraction of sp³-hybridized carbons (Fsp3) is 0.448. The van der Waals surface area contributed by atoms with Crippen LogP contribution in [0.2, 0.25) is 13.3 Å². The average Bonchev–Trinajstić information content (AvgIpc) is 2.83. The molecule has 1 aliphatic heterocycles. The van der Waals surface area contributed by atoms with Crippen LogP contribution in [-0.2, 0) is 6.54 Å². The number of hydrogen-bond acceptors (Lipinski definition) is 1. The zero-order valence-corrected chi connectivity index (χ0v) is 22.6. The Labute approximate surface area is 193 Å². The fourth-order valence-electron chi connectivity index (χ4n) is 5.69. The molecular weight excluding hydrogens is 481 g/mol. The molecule has 0 radical (unpaired) electrons. The van der Waals surface area contributed by atoms with E-state index in [0.29, 0.717) is 0 Å². The van der Waals surface area contributed by atoms with Gasteiger partial charge in [0.1, 0.15) is 0 Å². The molecule has 4 rings (SSSR count). The van der Waals surface area contributed by atoms with Crippen molar-refractivity contribution in [2.45, 2.75) is 79.2 Å². The molecule has 0 aliphatic carbocycles. The second kappa shape index (κ2) is 10.4. The number of unbranched alkanes of at least 4 members (excludes halogenated alkanes) is 3. The Morgan fingerprint density at radius 1 is 0.710 bits per heavy atom. The zero-order chi connectivity index (χ0) is 21.7. The Morgan fingerprint density at radius 2 is 1.39 bits per heavy atom. The predicted molar refractivity (Wildman–Crippen MR) is 141 cm³/mol. The van der Waals surface area contributed by atoms with Gasteiger partial charge in [-0.05, 0) is 0 Å². The van der Waals surface area contributed by atoms with Gasteiger partial charge in [0.15, 0.2) is 0 Å². The second-order valence-electron chi connectivity index (χ2n) is 9.49. The predicted octanol–water partition coefficient (Wildman–Crippen LogP) is 8.49. The van der Waals surface area contributed by atoms with Crippen LogP contribution in [0.1, 0.15) is 64.9 Å². The van der Waals surface area contributed by atoms with Gasteiger partial charge in [-0.25, -0.2) is 0 Å². The minimum atomic E-state index is -2.58.